The molecule has 0 saturated carbocycles. The highest BCUT2D eigenvalue weighted by Gasteiger charge is 2.66. The van der Waals surface area contributed by atoms with E-state index in [-0.39, 0.29) is 0 Å². The molecule has 482 valence electrons. The Labute approximate surface area is 519 Å². The summed E-state index contributed by atoms with van der Waals surface area (Å²) in [6, 6.07) is 26.7. The number of rotatable bonds is 59. The lowest BCUT2D eigenvalue weighted by atomic mass is 9.86. The Hall–Kier alpha value is -3.58. The second-order valence-corrected chi connectivity index (χ2v) is 24.7. The number of para-hydroxylation sites is 1. The summed E-state index contributed by atoms with van der Waals surface area (Å²) in [5.74, 6) is -1.40. The van der Waals surface area contributed by atoms with E-state index in [4.69, 9.17) is 5.73 Å². The summed E-state index contributed by atoms with van der Waals surface area (Å²) in [5, 5.41) is 36.7. The van der Waals surface area contributed by atoms with Crippen molar-refractivity contribution in [3.63, 3.8) is 0 Å². The predicted octanol–water partition coefficient (Wildman–Crippen LogP) is 18.4. The van der Waals surface area contributed by atoms with Crippen molar-refractivity contribution in [2.45, 2.75) is 304 Å². The van der Waals surface area contributed by atoms with Crippen LogP contribution in [0.2, 0.25) is 0 Å². The van der Waals surface area contributed by atoms with Crippen molar-refractivity contribution in [1.82, 2.24) is 41.8 Å². The Morgan fingerprint density at radius 2 is 0.738 bits per heavy atom. The van der Waals surface area contributed by atoms with Crippen molar-refractivity contribution < 1.29 is 0 Å². The predicted molar refractivity (Wildman–Crippen MR) is 371 cm³/mol. The van der Waals surface area contributed by atoms with Gasteiger partial charge in [0.1, 0.15) is 5.82 Å². The fraction of sp³-hybridized carbons (Fsp3) is 0.753. The van der Waals surface area contributed by atoms with Crippen LogP contribution in [0.5, 0.6) is 0 Å². The van der Waals surface area contributed by atoms with Crippen LogP contribution in [0.1, 0.15) is 287 Å². The van der Waals surface area contributed by atoms with Gasteiger partial charge in [0.2, 0.25) is 5.79 Å². The molecular formula is C73H135N11. The third-order valence-corrected chi connectivity index (χ3v) is 17.3. The van der Waals surface area contributed by atoms with E-state index in [0.717, 1.165) is 158 Å². The van der Waals surface area contributed by atoms with Crippen LogP contribution in [0.4, 0.5) is 11.4 Å². The fourth-order valence-corrected chi connectivity index (χ4v) is 12.1. The number of anilines is 2. The summed E-state index contributed by atoms with van der Waals surface area (Å²) in [6.45, 7) is 25.3. The number of hydrogen-bond acceptors (Lipinski definition) is 11. The highest BCUT2D eigenvalue weighted by molar-refractivity contribution is 5.93. The molecule has 0 bridgehead atoms. The monoisotopic (exact) mass is 1170 g/mol. The average Bonchev–Trinajstić information content (AvgIpc) is 0.802. The van der Waals surface area contributed by atoms with E-state index < -0.39 is 17.2 Å². The quantitative estimate of drug-likeness (QED) is 0.0152. The lowest BCUT2D eigenvalue weighted by Gasteiger charge is -2.64. The molecule has 0 amide bonds. The zero-order valence-corrected chi connectivity index (χ0v) is 56.1. The first-order valence-corrected chi connectivity index (χ1v) is 35.9. The summed E-state index contributed by atoms with van der Waals surface area (Å²) in [4.78, 5) is 2.46. The second kappa shape index (κ2) is 48.4. The van der Waals surface area contributed by atoms with E-state index in [1.54, 1.807) is 0 Å². The topological polar surface area (TPSA) is 129 Å². The second-order valence-electron chi connectivity index (χ2n) is 24.7. The Balaban J connectivity index is 2.76. The van der Waals surface area contributed by atoms with E-state index in [2.05, 4.69) is 187 Å². The summed E-state index contributed by atoms with van der Waals surface area (Å²) >= 11 is 0. The van der Waals surface area contributed by atoms with E-state index in [0.29, 0.717) is 0 Å². The zero-order chi connectivity index (χ0) is 60.5. The van der Waals surface area contributed by atoms with Crippen molar-refractivity contribution in [3.05, 3.63) is 84.8 Å². The Morgan fingerprint density at radius 1 is 0.381 bits per heavy atom. The van der Waals surface area contributed by atoms with Gasteiger partial charge in [-0.1, -0.05) is 290 Å². The number of nitrogens with two attached hydrogens (primary N) is 1. The van der Waals surface area contributed by atoms with Crippen LogP contribution in [0.15, 0.2) is 84.8 Å². The van der Waals surface area contributed by atoms with E-state index in [1.165, 1.54) is 153 Å². The van der Waals surface area contributed by atoms with Crippen molar-refractivity contribution in [2.75, 3.05) is 63.1 Å². The molecule has 84 heavy (non-hydrogen) atoms. The molecule has 11 nitrogen and oxygen atoms in total. The molecular weight excluding hydrogens is 1030 g/mol. The van der Waals surface area contributed by atoms with Gasteiger partial charge >= 0.3 is 0 Å². The van der Waals surface area contributed by atoms with Gasteiger partial charge in [0, 0.05) is 24.2 Å². The summed E-state index contributed by atoms with van der Waals surface area (Å²) in [7, 11) is 0. The highest BCUT2D eigenvalue weighted by Crippen LogP contribution is 2.37. The van der Waals surface area contributed by atoms with Crippen LogP contribution in [0.3, 0.4) is 0 Å². The number of hydrogen-bond donors (Lipinski definition) is 9. The van der Waals surface area contributed by atoms with Crippen LogP contribution in [-0.2, 0) is 0 Å². The fourth-order valence-electron chi connectivity index (χ4n) is 12.1. The Kier molecular flexibility index (Phi) is 43.1. The number of hydrazine groups is 1. The molecule has 0 aliphatic rings. The van der Waals surface area contributed by atoms with Crippen molar-refractivity contribution >= 4 is 22.1 Å². The van der Waals surface area contributed by atoms with Gasteiger partial charge in [-0.25, -0.2) is 5.01 Å². The molecule has 0 aromatic heterocycles. The molecule has 0 spiro atoms. The van der Waals surface area contributed by atoms with Gasteiger partial charge in [0.25, 0.3) is 0 Å². The van der Waals surface area contributed by atoms with Crippen LogP contribution >= 0.6 is 0 Å². The van der Waals surface area contributed by atoms with Gasteiger partial charge in [-0.15, -0.1) is 0 Å². The molecule has 11 heteroatoms. The minimum absolute atomic E-state index is 0.761. The molecule has 3 unspecified atom stereocenters. The Morgan fingerprint density at radius 3 is 1.20 bits per heavy atom. The molecule has 3 aromatic rings. The number of nitrogens with zero attached hydrogens (tertiary/aromatic N) is 2. The van der Waals surface area contributed by atoms with Crippen LogP contribution in [-0.4, -0.2) is 79.5 Å². The molecule has 0 radical (unpaired) electrons. The highest BCUT2D eigenvalue weighted by atomic mass is 15.7. The molecule has 0 aliphatic heterocycles. The zero-order valence-electron chi connectivity index (χ0n) is 56.1. The van der Waals surface area contributed by atoms with Crippen LogP contribution in [0.25, 0.3) is 10.8 Å². The maximum Gasteiger partial charge on any atom is 0.221 e. The lowest BCUT2D eigenvalue weighted by Crippen LogP contribution is -2.97. The maximum atomic E-state index is 7.85. The number of nitrogens with one attached hydrogen (secondary N) is 8. The van der Waals surface area contributed by atoms with Gasteiger partial charge in [-0.3, -0.25) is 37.3 Å². The molecule has 0 saturated heterocycles. The van der Waals surface area contributed by atoms with Crippen molar-refractivity contribution in [1.29, 1.82) is 0 Å². The van der Waals surface area contributed by atoms with Gasteiger partial charge in [0.05, 0.1) is 11.9 Å². The van der Waals surface area contributed by atoms with E-state index in [9.17, 15) is 0 Å². The average molecular weight is 1170 g/mol. The third-order valence-electron chi connectivity index (χ3n) is 17.3. The number of unbranched alkanes of at least 4 members (excludes halogenated alkanes) is 28. The van der Waals surface area contributed by atoms with Gasteiger partial charge in [-0.2, -0.15) is 0 Å². The Bertz CT molecular complexity index is 1990. The van der Waals surface area contributed by atoms with E-state index >= 15 is 0 Å². The molecule has 0 heterocycles. The van der Waals surface area contributed by atoms with Crippen LogP contribution < -0.4 is 48.4 Å². The standard InChI is InChI=1S/C73H135N11/c1-9-17-25-30-33-37-47-58-76-71(75-57-46-36-32-27-19-11-3,72(77-59-44-22-14-6,78-60-45-29-21-13-5)79-61-48-35-28-20-12-4)73(81-67-53-40-39-41-54-67,80-62-49-38-34-31-26-18-10-2)84(65-70(74)83(63-23-15-7)64-24-16-8)82-69-56-50-52-66-51-42-43-55-68(66)69/h39-43,50-56,65,75-82H,9-38,44-49,57-64,74H2,1-8H3. The summed E-state index contributed by atoms with van der Waals surface area (Å²) in [6.07, 6.45) is 45.2. The third kappa shape index (κ3) is 27.6. The van der Waals surface area contributed by atoms with Crippen molar-refractivity contribution in [2.24, 2.45) is 5.73 Å². The summed E-state index contributed by atoms with van der Waals surface area (Å²) < 4.78 is 0. The number of fused-ring (bicyclic) bond motifs is 1. The molecule has 3 rings (SSSR count). The maximum absolute atomic E-state index is 7.85. The van der Waals surface area contributed by atoms with Gasteiger partial charge in [0.15, 0.2) is 11.4 Å². The van der Waals surface area contributed by atoms with Crippen LogP contribution in [0, 0.1) is 0 Å². The SMILES string of the molecule is CCCCCCCCCNC(Nc1ccccc1)(N(C=C(N)N(CCCC)CCCC)Nc1cccc2ccccc12)C(NCCCCCCCC)(NCCCCCCCCC)C(NCCCCC)(NCCCCCC)NCCCCCCC. The molecule has 3 atom stereocenters. The largest absolute Gasteiger partial charge is 0.384 e. The first-order chi connectivity index (χ1) is 41.3. The normalized spacial score (nSPS) is 14.1. The minimum Gasteiger partial charge on any atom is -0.384 e. The van der Waals surface area contributed by atoms with Crippen molar-refractivity contribution in [3.8, 4) is 0 Å². The molecule has 10 N–H and O–H groups in total. The first kappa shape index (κ1) is 74.7. The van der Waals surface area contributed by atoms with E-state index in [1.807, 2.05) is 0 Å². The molecule has 0 aliphatic carbocycles. The first-order valence-electron chi connectivity index (χ1n) is 35.9. The molecule has 0 fully saturated rings. The minimum atomic E-state index is -1.22. The summed E-state index contributed by atoms with van der Waals surface area (Å²) in [5.41, 5.74) is 13.1. The smallest absolute Gasteiger partial charge is 0.221 e. The van der Waals surface area contributed by atoms with Gasteiger partial charge < -0.3 is 16.0 Å². The lowest BCUT2D eigenvalue weighted by molar-refractivity contribution is -0.0843. The molecule has 3 aromatic carbocycles. The number of benzene rings is 3. The van der Waals surface area contributed by atoms with Gasteiger partial charge in [-0.05, 0) is 114 Å².